The first-order chi connectivity index (χ1) is 13.2. The number of carbonyl (C=O) groups excluding carboxylic acids is 1. The van der Waals surface area contributed by atoms with E-state index < -0.39 is 15.9 Å². The third-order valence-corrected chi connectivity index (χ3v) is 5.72. The van der Waals surface area contributed by atoms with Gasteiger partial charge in [-0.1, -0.05) is 35.9 Å². The maximum atomic E-state index is 12.7. The molecule has 0 saturated heterocycles. The Bertz CT molecular complexity index is 1110. The van der Waals surface area contributed by atoms with Crippen molar-refractivity contribution in [2.24, 2.45) is 0 Å². The van der Waals surface area contributed by atoms with Gasteiger partial charge in [-0.15, -0.1) is 0 Å². The summed E-state index contributed by atoms with van der Waals surface area (Å²) in [4.78, 5) is 12.8. The fourth-order valence-corrected chi connectivity index (χ4v) is 4.10. The molecule has 0 bridgehead atoms. The van der Waals surface area contributed by atoms with Crippen LogP contribution >= 0.6 is 11.6 Å². The SMILES string of the molecule is Cc1cc(C)cc(NC(=O)c2cc(NS(=O)(=O)c3ccccc3)ccc2Cl)c1. The van der Waals surface area contributed by atoms with Crippen molar-refractivity contribution < 1.29 is 13.2 Å². The molecule has 0 fully saturated rings. The maximum Gasteiger partial charge on any atom is 0.261 e. The molecule has 1 amide bonds. The van der Waals surface area contributed by atoms with Gasteiger partial charge in [0, 0.05) is 11.4 Å². The highest BCUT2D eigenvalue weighted by molar-refractivity contribution is 7.92. The number of aryl methyl sites for hydroxylation is 2. The second-order valence-corrected chi connectivity index (χ2v) is 8.53. The summed E-state index contributed by atoms with van der Waals surface area (Å²) in [6.45, 7) is 3.88. The molecule has 0 aliphatic rings. The summed E-state index contributed by atoms with van der Waals surface area (Å²) in [5.41, 5.74) is 3.11. The largest absolute Gasteiger partial charge is 0.322 e. The molecule has 0 spiro atoms. The summed E-state index contributed by atoms with van der Waals surface area (Å²) in [5.74, 6) is -0.421. The molecule has 5 nitrogen and oxygen atoms in total. The number of carbonyl (C=O) groups is 1. The van der Waals surface area contributed by atoms with Gasteiger partial charge in [-0.25, -0.2) is 8.42 Å². The van der Waals surface area contributed by atoms with E-state index in [1.54, 1.807) is 18.2 Å². The maximum absolute atomic E-state index is 12.7. The van der Waals surface area contributed by atoms with Gasteiger partial charge < -0.3 is 5.32 Å². The molecule has 0 aliphatic carbocycles. The van der Waals surface area contributed by atoms with Gasteiger partial charge in [0.15, 0.2) is 0 Å². The minimum absolute atomic E-state index is 0.131. The van der Waals surface area contributed by atoms with Gasteiger partial charge in [-0.2, -0.15) is 0 Å². The zero-order chi connectivity index (χ0) is 20.3. The normalized spacial score (nSPS) is 11.1. The van der Waals surface area contributed by atoms with Gasteiger partial charge in [-0.05, 0) is 67.4 Å². The second-order valence-electron chi connectivity index (χ2n) is 6.44. The lowest BCUT2D eigenvalue weighted by Gasteiger charge is -2.12. The average molecular weight is 415 g/mol. The van der Waals surface area contributed by atoms with Gasteiger partial charge in [-0.3, -0.25) is 9.52 Å². The van der Waals surface area contributed by atoms with Crippen LogP contribution in [0.2, 0.25) is 5.02 Å². The van der Waals surface area contributed by atoms with E-state index in [0.29, 0.717) is 5.69 Å². The van der Waals surface area contributed by atoms with Crippen molar-refractivity contribution in [3.8, 4) is 0 Å². The number of halogens is 1. The predicted molar refractivity (Wildman–Crippen MR) is 113 cm³/mol. The Balaban J connectivity index is 1.86. The highest BCUT2D eigenvalue weighted by Gasteiger charge is 2.17. The quantitative estimate of drug-likeness (QED) is 0.616. The third kappa shape index (κ3) is 4.71. The van der Waals surface area contributed by atoms with Crippen LogP contribution in [0.3, 0.4) is 0 Å². The summed E-state index contributed by atoms with van der Waals surface area (Å²) in [6, 6.07) is 18.1. The van der Waals surface area contributed by atoms with Crippen molar-refractivity contribution in [2.75, 3.05) is 10.0 Å². The Morgan fingerprint density at radius 3 is 2.14 bits per heavy atom. The van der Waals surface area contributed by atoms with Crippen LogP contribution in [0, 0.1) is 13.8 Å². The summed E-state index contributed by atoms with van der Waals surface area (Å²) in [7, 11) is -3.76. The summed E-state index contributed by atoms with van der Waals surface area (Å²) >= 11 is 6.17. The van der Waals surface area contributed by atoms with E-state index in [2.05, 4.69) is 10.0 Å². The van der Waals surface area contributed by atoms with Gasteiger partial charge in [0.2, 0.25) is 0 Å². The topological polar surface area (TPSA) is 75.3 Å². The molecule has 7 heteroatoms. The molecule has 3 rings (SSSR count). The lowest BCUT2D eigenvalue weighted by Crippen LogP contribution is -2.15. The predicted octanol–water partition coefficient (Wildman–Crippen LogP) is 5.01. The van der Waals surface area contributed by atoms with E-state index in [9.17, 15) is 13.2 Å². The molecular formula is C21H19ClN2O3S. The van der Waals surface area contributed by atoms with E-state index in [1.165, 1.54) is 30.3 Å². The lowest BCUT2D eigenvalue weighted by molar-refractivity contribution is 0.102. The fraction of sp³-hybridized carbons (Fsp3) is 0.0952. The molecule has 2 N–H and O–H groups in total. The van der Waals surface area contributed by atoms with E-state index in [4.69, 9.17) is 11.6 Å². The average Bonchev–Trinajstić information content (AvgIpc) is 2.63. The first kappa shape index (κ1) is 19.9. The first-order valence-electron chi connectivity index (χ1n) is 8.52. The first-order valence-corrected chi connectivity index (χ1v) is 10.4. The smallest absolute Gasteiger partial charge is 0.261 e. The van der Waals surface area contributed by atoms with E-state index in [-0.39, 0.29) is 21.2 Å². The minimum Gasteiger partial charge on any atom is -0.322 e. The van der Waals surface area contributed by atoms with Crippen LogP contribution in [-0.2, 0) is 10.0 Å². The van der Waals surface area contributed by atoms with Crippen LogP contribution in [0.1, 0.15) is 21.5 Å². The number of hydrogen-bond donors (Lipinski definition) is 2. The van der Waals surface area contributed by atoms with E-state index in [0.717, 1.165) is 11.1 Å². The van der Waals surface area contributed by atoms with Crippen molar-refractivity contribution in [1.82, 2.24) is 0 Å². The van der Waals surface area contributed by atoms with Gasteiger partial charge in [0.25, 0.3) is 15.9 Å². The summed E-state index contributed by atoms with van der Waals surface area (Å²) in [6.07, 6.45) is 0. The second kappa shape index (κ2) is 8.04. The molecule has 0 aliphatic heterocycles. The van der Waals surface area contributed by atoms with Gasteiger partial charge in [0.1, 0.15) is 0 Å². The van der Waals surface area contributed by atoms with Crippen molar-refractivity contribution in [1.29, 1.82) is 0 Å². The van der Waals surface area contributed by atoms with Crippen LogP contribution in [0.4, 0.5) is 11.4 Å². The van der Waals surface area contributed by atoms with Gasteiger partial charge in [0.05, 0.1) is 15.5 Å². The van der Waals surface area contributed by atoms with Crippen molar-refractivity contribution in [3.05, 3.63) is 88.4 Å². The number of rotatable bonds is 5. The molecule has 0 heterocycles. The Morgan fingerprint density at radius 2 is 1.50 bits per heavy atom. The fourth-order valence-electron chi connectivity index (χ4n) is 2.82. The summed E-state index contributed by atoms with van der Waals surface area (Å²) < 4.78 is 27.5. The van der Waals surface area contributed by atoms with Crippen LogP contribution in [-0.4, -0.2) is 14.3 Å². The van der Waals surface area contributed by atoms with Crippen LogP contribution < -0.4 is 10.0 Å². The molecule has 0 radical (unpaired) electrons. The lowest BCUT2D eigenvalue weighted by atomic mass is 10.1. The molecule has 0 aromatic heterocycles. The monoisotopic (exact) mass is 414 g/mol. The number of benzene rings is 3. The Labute approximate surface area is 169 Å². The molecule has 3 aromatic rings. The molecule has 0 unspecified atom stereocenters. The Hall–Kier alpha value is -2.83. The highest BCUT2D eigenvalue weighted by Crippen LogP contribution is 2.24. The zero-order valence-electron chi connectivity index (χ0n) is 15.4. The molecule has 28 heavy (non-hydrogen) atoms. The molecular weight excluding hydrogens is 396 g/mol. The zero-order valence-corrected chi connectivity index (χ0v) is 16.9. The number of nitrogens with one attached hydrogen (secondary N) is 2. The minimum atomic E-state index is -3.76. The molecule has 0 saturated carbocycles. The standard InChI is InChI=1S/C21H19ClN2O3S/c1-14-10-15(2)12-17(11-14)23-21(25)19-13-16(8-9-20(19)22)24-28(26,27)18-6-4-3-5-7-18/h3-13,24H,1-2H3,(H,23,25). The van der Waals surface area contributed by atoms with Crippen molar-refractivity contribution in [3.63, 3.8) is 0 Å². The molecule has 144 valence electrons. The Morgan fingerprint density at radius 1 is 0.857 bits per heavy atom. The van der Waals surface area contributed by atoms with Crippen LogP contribution in [0.25, 0.3) is 0 Å². The molecule has 0 atom stereocenters. The summed E-state index contributed by atoms with van der Waals surface area (Å²) in [5, 5.41) is 3.03. The van der Waals surface area contributed by atoms with Crippen molar-refractivity contribution >= 4 is 38.9 Å². The number of anilines is 2. The number of hydrogen-bond acceptors (Lipinski definition) is 3. The van der Waals surface area contributed by atoms with Crippen molar-refractivity contribution in [2.45, 2.75) is 18.7 Å². The third-order valence-electron chi connectivity index (χ3n) is 4.00. The molecule has 3 aromatic carbocycles. The number of amides is 1. The highest BCUT2D eigenvalue weighted by atomic mass is 35.5. The van der Waals surface area contributed by atoms with Crippen LogP contribution in [0.5, 0.6) is 0 Å². The Kier molecular flexibility index (Phi) is 5.72. The van der Waals surface area contributed by atoms with Gasteiger partial charge >= 0.3 is 0 Å². The number of sulfonamides is 1. The van der Waals surface area contributed by atoms with E-state index in [1.807, 2.05) is 32.0 Å². The van der Waals surface area contributed by atoms with E-state index >= 15 is 0 Å². The van der Waals surface area contributed by atoms with Crippen LogP contribution in [0.15, 0.2) is 71.6 Å².